The van der Waals surface area contributed by atoms with E-state index in [1.165, 1.54) is 0 Å². The van der Waals surface area contributed by atoms with E-state index in [0.29, 0.717) is 5.75 Å². The summed E-state index contributed by atoms with van der Waals surface area (Å²) in [4.78, 5) is 22.0. The fourth-order valence-electron chi connectivity index (χ4n) is 1.55. The minimum Gasteiger partial charge on any atom is -0.493 e. The molecule has 0 saturated carbocycles. The number of hydrogen-bond donors (Lipinski definition) is 2. The number of carbonyl (C=O) groups is 2. The van der Waals surface area contributed by atoms with Crippen LogP contribution in [0.15, 0.2) is 18.2 Å². The number of carboxylic acid groups (broad SMARTS) is 1. The molecular weight excluding hydrogens is 265 g/mol. The van der Waals surface area contributed by atoms with Crippen molar-refractivity contribution in [2.24, 2.45) is 0 Å². The fraction of sp³-hybridized carbons (Fsp3) is 0.429. The number of alkyl halides is 1. The van der Waals surface area contributed by atoms with Gasteiger partial charge >= 0.3 is 5.97 Å². The lowest BCUT2D eigenvalue weighted by Crippen LogP contribution is -2.42. The van der Waals surface area contributed by atoms with Crippen LogP contribution in [0.25, 0.3) is 0 Å². The molecule has 1 rings (SSSR count). The van der Waals surface area contributed by atoms with Crippen LogP contribution in [0.2, 0.25) is 0 Å². The van der Waals surface area contributed by atoms with Gasteiger partial charge in [-0.2, -0.15) is 0 Å². The Morgan fingerprint density at radius 2 is 2.10 bits per heavy atom. The highest BCUT2D eigenvalue weighted by Gasteiger charge is 2.19. The standard InChI is InChI=1S/C14H18FNO4/c1-9-3-4-10(2)12(7-9)20-6-5-13(17)16-11(8-15)14(18)19/h3-4,7,11H,5-6,8H2,1-2H3,(H,16,17)(H,18,19). The van der Waals surface area contributed by atoms with Crippen LogP contribution in [0.5, 0.6) is 5.75 Å². The SMILES string of the molecule is Cc1ccc(C)c(OCCC(=O)NC(CF)C(=O)O)c1. The largest absolute Gasteiger partial charge is 0.493 e. The molecule has 0 spiro atoms. The van der Waals surface area contributed by atoms with Gasteiger partial charge < -0.3 is 15.2 Å². The van der Waals surface area contributed by atoms with Crippen LogP contribution in [0.3, 0.4) is 0 Å². The molecule has 1 unspecified atom stereocenters. The molecule has 0 aliphatic heterocycles. The van der Waals surface area contributed by atoms with Crippen LogP contribution in [0, 0.1) is 13.8 Å². The van der Waals surface area contributed by atoms with E-state index in [1.807, 2.05) is 32.0 Å². The maximum absolute atomic E-state index is 12.3. The molecule has 20 heavy (non-hydrogen) atoms. The van der Waals surface area contributed by atoms with Crippen molar-refractivity contribution in [1.29, 1.82) is 0 Å². The van der Waals surface area contributed by atoms with Crippen LogP contribution in [-0.4, -0.2) is 36.3 Å². The smallest absolute Gasteiger partial charge is 0.328 e. The topological polar surface area (TPSA) is 75.6 Å². The molecule has 1 aromatic carbocycles. The number of halogens is 1. The predicted molar refractivity (Wildman–Crippen MR) is 71.6 cm³/mol. The Labute approximate surface area is 116 Å². The number of nitrogens with one attached hydrogen (secondary N) is 1. The molecule has 110 valence electrons. The zero-order valence-electron chi connectivity index (χ0n) is 11.5. The summed E-state index contributed by atoms with van der Waals surface area (Å²) in [6.45, 7) is 2.78. The average Bonchev–Trinajstić information content (AvgIpc) is 2.39. The highest BCUT2D eigenvalue weighted by molar-refractivity contribution is 5.83. The van der Waals surface area contributed by atoms with Gasteiger partial charge in [-0.05, 0) is 31.0 Å². The summed E-state index contributed by atoms with van der Waals surface area (Å²) in [6, 6.07) is 4.22. The quantitative estimate of drug-likeness (QED) is 0.797. The van der Waals surface area contributed by atoms with Crippen LogP contribution >= 0.6 is 0 Å². The predicted octanol–water partition coefficient (Wildman–Crippen LogP) is 1.61. The highest BCUT2D eigenvalue weighted by atomic mass is 19.1. The summed E-state index contributed by atoms with van der Waals surface area (Å²) in [6.07, 6.45) is -0.0306. The molecule has 6 heteroatoms. The number of amides is 1. The van der Waals surface area contributed by atoms with Crippen molar-refractivity contribution in [3.05, 3.63) is 29.3 Å². The molecule has 1 amide bonds. The molecule has 1 aromatic rings. The molecule has 0 saturated heterocycles. The first-order chi connectivity index (χ1) is 9.43. The molecular formula is C14H18FNO4. The van der Waals surface area contributed by atoms with Gasteiger partial charge in [0.15, 0.2) is 6.04 Å². The number of carboxylic acids is 1. The molecule has 0 radical (unpaired) electrons. The van der Waals surface area contributed by atoms with Crippen LogP contribution in [0.1, 0.15) is 17.5 Å². The summed E-state index contributed by atoms with van der Waals surface area (Å²) >= 11 is 0. The van der Waals surface area contributed by atoms with Gasteiger partial charge in [-0.25, -0.2) is 9.18 Å². The van der Waals surface area contributed by atoms with E-state index in [-0.39, 0.29) is 13.0 Å². The Morgan fingerprint density at radius 3 is 2.70 bits per heavy atom. The van der Waals surface area contributed by atoms with Gasteiger partial charge in [0.1, 0.15) is 12.4 Å². The molecule has 0 aliphatic rings. The molecule has 0 aliphatic carbocycles. The monoisotopic (exact) mass is 283 g/mol. The van der Waals surface area contributed by atoms with E-state index >= 15 is 0 Å². The van der Waals surface area contributed by atoms with Gasteiger partial charge in [-0.15, -0.1) is 0 Å². The Balaban J connectivity index is 2.42. The van der Waals surface area contributed by atoms with Crippen molar-refractivity contribution < 1.29 is 23.8 Å². The van der Waals surface area contributed by atoms with E-state index < -0.39 is 24.6 Å². The maximum atomic E-state index is 12.3. The number of aryl methyl sites for hydroxylation is 2. The second-order valence-electron chi connectivity index (χ2n) is 4.48. The number of benzene rings is 1. The lowest BCUT2D eigenvalue weighted by Gasteiger charge is -2.12. The summed E-state index contributed by atoms with van der Waals surface area (Å²) < 4.78 is 17.8. The van der Waals surface area contributed by atoms with Gasteiger partial charge in [0.05, 0.1) is 13.0 Å². The van der Waals surface area contributed by atoms with Crippen molar-refractivity contribution in [2.75, 3.05) is 13.3 Å². The van der Waals surface area contributed by atoms with Crippen molar-refractivity contribution in [3.63, 3.8) is 0 Å². The molecule has 1 atom stereocenters. The van der Waals surface area contributed by atoms with E-state index in [0.717, 1.165) is 11.1 Å². The number of rotatable bonds is 7. The van der Waals surface area contributed by atoms with E-state index in [4.69, 9.17) is 9.84 Å². The minimum atomic E-state index is -1.50. The summed E-state index contributed by atoms with van der Waals surface area (Å²) in [5.41, 5.74) is 1.99. The number of hydrogen-bond acceptors (Lipinski definition) is 3. The van der Waals surface area contributed by atoms with Crippen LogP contribution < -0.4 is 10.1 Å². The third kappa shape index (κ3) is 4.87. The molecule has 0 fully saturated rings. The zero-order valence-corrected chi connectivity index (χ0v) is 11.5. The third-order valence-corrected chi connectivity index (χ3v) is 2.72. The Bertz CT molecular complexity index is 490. The van der Waals surface area contributed by atoms with Crippen molar-refractivity contribution in [1.82, 2.24) is 5.32 Å². The maximum Gasteiger partial charge on any atom is 0.328 e. The summed E-state index contributed by atoms with van der Waals surface area (Å²) in [5.74, 6) is -1.27. The fourth-order valence-corrected chi connectivity index (χ4v) is 1.55. The van der Waals surface area contributed by atoms with Crippen molar-refractivity contribution >= 4 is 11.9 Å². The van der Waals surface area contributed by atoms with E-state index in [1.54, 1.807) is 0 Å². The number of carbonyl (C=O) groups excluding carboxylic acids is 1. The second kappa shape index (κ2) is 7.47. The summed E-state index contributed by atoms with van der Waals surface area (Å²) in [5, 5.41) is 10.7. The van der Waals surface area contributed by atoms with E-state index in [9.17, 15) is 14.0 Å². The molecule has 2 N–H and O–H groups in total. The molecule has 0 bridgehead atoms. The Hall–Kier alpha value is -2.11. The second-order valence-corrected chi connectivity index (χ2v) is 4.48. The van der Waals surface area contributed by atoms with E-state index in [2.05, 4.69) is 5.32 Å². The lowest BCUT2D eigenvalue weighted by molar-refractivity contribution is -0.142. The van der Waals surface area contributed by atoms with Gasteiger partial charge in [-0.1, -0.05) is 12.1 Å². The van der Waals surface area contributed by atoms with Gasteiger partial charge in [0, 0.05) is 0 Å². The highest BCUT2D eigenvalue weighted by Crippen LogP contribution is 2.19. The molecule has 0 heterocycles. The molecule has 5 nitrogen and oxygen atoms in total. The van der Waals surface area contributed by atoms with Gasteiger partial charge in [0.25, 0.3) is 0 Å². The number of aliphatic carboxylic acids is 1. The zero-order chi connectivity index (χ0) is 15.1. The number of ether oxygens (including phenoxy) is 1. The van der Waals surface area contributed by atoms with Gasteiger partial charge in [0.2, 0.25) is 5.91 Å². The minimum absolute atomic E-state index is 0.0306. The average molecular weight is 283 g/mol. The first kappa shape index (κ1) is 15.9. The van der Waals surface area contributed by atoms with Gasteiger partial charge in [-0.3, -0.25) is 4.79 Å². The van der Waals surface area contributed by atoms with Crippen LogP contribution in [0.4, 0.5) is 4.39 Å². The molecule has 0 aromatic heterocycles. The van der Waals surface area contributed by atoms with Crippen molar-refractivity contribution in [3.8, 4) is 5.75 Å². The lowest BCUT2D eigenvalue weighted by atomic mass is 10.1. The first-order valence-electron chi connectivity index (χ1n) is 6.22. The van der Waals surface area contributed by atoms with Crippen LogP contribution in [-0.2, 0) is 9.59 Å². The Kier molecular flexibility index (Phi) is 5.96. The van der Waals surface area contributed by atoms with Crippen molar-refractivity contribution in [2.45, 2.75) is 26.3 Å². The first-order valence-corrected chi connectivity index (χ1v) is 6.22. The Morgan fingerprint density at radius 1 is 1.40 bits per heavy atom. The third-order valence-electron chi connectivity index (χ3n) is 2.72. The normalized spacial score (nSPS) is 11.8. The summed E-state index contributed by atoms with van der Waals surface area (Å²) in [7, 11) is 0.